The van der Waals surface area contributed by atoms with Crippen LogP contribution >= 0.6 is 11.8 Å². The summed E-state index contributed by atoms with van der Waals surface area (Å²) in [6.07, 6.45) is 1.59. The predicted octanol–water partition coefficient (Wildman–Crippen LogP) is 4.14. The second kappa shape index (κ2) is 8.70. The first-order valence-corrected chi connectivity index (χ1v) is 9.89. The Bertz CT molecular complexity index is 1070. The van der Waals surface area contributed by atoms with Crippen molar-refractivity contribution in [3.63, 3.8) is 0 Å². The minimum absolute atomic E-state index is 0.0768. The van der Waals surface area contributed by atoms with Gasteiger partial charge in [-0.25, -0.2) is 0 Å². The Morgan fingerprint density at radius 2 is 1.76 bits per heavy atom. The van der Waals surface area contributed by atoms with Crippen LogP contribution in [0, 0.1) is 0 Å². The number of Topliss-reactive ketones (excluding diaryl/α,β-unsaturated/α-hetero) is 1. The number of thioether (sulfide) groups is 1. The van der Waals surface area contributed by atoms with Crippen molar-refractivity contribution in [2.45, 2.75) is 11.7 Å². The zero-order valence-corrected chi connectivity index (χ0v) is 16.1. The molecule has 1 aliphatic rings. The van der Waals surface area contributed by atoms with Gasteiger partial charge in [0.05, 0.1) is 11.5 Å². The Balaban J connectivity index is 1.37. The Labute approximate surface area is 171 Å². The number of benzene rings is 2. The van der Waals surface area contributed by atoms with Gasteiger partial charge in [-0.15, -0.1) is 5.10 Å². The molecule has 2 aromatic carbocycles. The lowest BCUT2D eigenvalue weighted by molar-refractivity contribution is -0.118. The van der Waals surface area contributed by atoms with E-state index in [1.54, 1.807) is 30.3 Å². The number of ketones is 1. The van der Waals surface area contributed by atoms with E-state index < -0.39 is 5.25 Å². The molecule has 2 heterocycles. The molecule has 1 aromatic heterocycles. The van der Waals surface area contributed by atoms with Crippen molar-refractivity contribution in [1.82, 2.24) is 5.32 Å². The van der Waals surface area contributed by atoms with E-state index in [-0.39, 0.29) is 18.1 Å². The highest BCUT2D eigenvalue weighted by atomic mass is 32.2. The normalized spacial score (nSPS) is 17.7. The van der Waals surface area contributed by atoms with E-state index in [9.17, 15) is 9.59 Å². The third-order valence-electron chi connectivity index (χ3n) is 4.26. The lowest BCUT2D eigenvalue weighted by Gasteiger charge is -2.04. The van der Waals surface area contributed by atoms with Crippen LogP contribution in [0.25, 0.3) is 11.3 Å². The molecule has 0 spiro atoms. The smallest absolute Gasteiger partial charge is 0.240 e. The quantitative estimate of drug-likeness (QED) is 0.381. The van der Waals surface area contributed by atoms with E-state index in [4.69, 9.17) is 4.42 Å². The summed E-state index contributed by atoms with van der Waals surface area (Å²) < 4.78 is 5.72. The van der Waals surface area contributed by atoms with Gasteiger partial charge in [-0.2, -0.15) is 5.10 Å². The Kier molecular flexibility index (Phi) is 5.67. The molecule has 7 heteroatoms. The van der Waals surface area contributed by atoms with E-state index in [1.807, 2.05) is 42.5 Å². The van der Waals surface area contributed by atoms with Gasteiger partial charge in [0.2, 0.25) is 5.91 Å². The minimum atomic E-state index is -0.509. The van der Waals surface area contributed by atoms with Gasteiger partial charge in [0.1, 0.15) is 11.5 Å². The number of nitrogens with one attached hydrogen (secondary N) is 1. The molecule has 1 amide bonds. The van der Waals surface area contributed by atoms with Crippen LogP contribution < -0.4 is 5.32 Å². The Morgan fingerprint density at radius 3 is 2.52 bits per heavy atom. The lowest BCUT2D eigenvalue weighted by atomic mass is 10.1. The van der Waals surface area contributed by atoms with E-state index in [0.717, 1.165) is 11.3 Å². The molecule has 1 aliphatic heterocycles. The SMILES string of the molecule is O=C(CC1S/C(=N/N=C/c2ccc(-c3ccccc3)o2)NC1=O)c1ccccc1. The summed E-state index contributed by atoms with van der Waals surface area (Å²) in [5, 5.41) is 10.5. The highest BCUT2D eigenvalue weighted by molar-refractivity contribution is 8.15. The molecule has 0 saturated carbocycles. The zero-order valence-electron chi connectivity index (χ0n) is 15.3. The summed E-state index contributed by atoms with van der Waals surface area (Å²) in [6.45, 7) is 0. The van der Waals surface area contributed by atoms with Gasteiger partial charge in [0.15, 0.2) is 11.0 Å². The number of amides is 1. The topological polar surface area (TPSA) is 84.0 Å². The standard InChI is InChI=1S/C22H17N3O3S/c26-18(15-7-3-1-4-8-15)13-20-21(27)24-22(29-20)25-23-14-17-11-12-19(28-17)16-9-5-2-6-10-16/h1-12,14,20H,13H2,(H,24,25,27)/b23-14+. The van der Waals surface area contributed by atoms with E-state index >= 15 is 0 Å². The number of carbonyl (C=O) groups excluding carboxylic acids is 2. The molecule has 0 radical (unpaired) electrons. The maximum absolute atomic E-state index is 12.3. The van der Waals surface area contributed by atoms with Gasteiger partial charge < -0.3 is 9.73 Å². The monoisotopic (exact) mass is 403 g/mol. The zero-order chi connectivity index (χ0) is 20.1. The van der Waals surface area contributed by atoms with Gasteiger partial charge in [-0.1, -0.05) is 72.4 Å². The van der Waals surface area contributed by atoms with Crippen LogP contribution in [0.4, 0.5) is 0 Å². The number of furan rings is 1. The van der Waals surface area contributed by atoms with Crippen molar-refractivity contribution in [2.75, 3.05) is 0 Å². The molecule has 1 fully saturated rings. The number of hydrogen-bond acceptors (Lipinski definition) is 6. The van der Waals surface area contributed by atoms with Gasteiger partial charge in [0.25, 0.3) is 0 Å². The van der Waals surface area contributed by atoms with E-state index in [2.05, 4.69) is 15.5 Å². The molecule has 0 bridgehead atoms. The molecule has 3 aromatic rings. The first-order chi connectivity index (χ1) is 14.2. The number of carbonyl (C=O) groups is 2. The van der Waals surface area contributed by atoms with Crippen LogP contribution in [0.5, 0.6) is 0 Å². The predicted molar refractivity (Wildman–Crippen MR) is 114 cm³/mol. The summed E-state index contributed by atoms with van der Waals surface area (Å²) in [6, 6.07) is 22.3. The highest BCUT2D eigenvalue weighted by Gasteiger charge is 2.32. The van der Waals surface area contributed by atoms with Crippen molar-refractivity contribution in [3.8, 4) is 11.3 Å². The fraction of sp³-hybridized carbons (Fsp3) is 0.0909. The minimum Gasteiger partial charge on any atom is -0.455 e. The molecule has 4 rings (SSSR count). The van der Waals surface area contributed by atoms with Gasteiger partial charge >= 0.3 is 0 Å². The number of hydrogen-bond donors (Lipinski definition) is 1. The third-order valence-corrected chi connectivity index (χ3v) is 5.33. The van der Waals surface area contributed by atoms with Crippen molar-refractivity contribution in [2.24, 2.45) is 10.2 Å². The Hall–Kier alpha value is -3.45. The molecule has 29 heavy (non-hydrogen) atoms. The largest absolute Gasteiger partial charge is 0.455 e. The van der Waals surface area contributed by atoms with Crippen LogP contribution in [0.3, 0.4) is 0 Å². The molecule has 144 valence electrons. The average Bonchev–Trinajstić information content (AvgIpc) is 3.36. The van der Waals surface area contributed by atoms with Gasteiger partial charge in [-0.3, -0.25) is 9.59 Å². The Morgan fingerprint density at radius 1 is 1.03 bits per heavy atom. The highest BCUT2D eigenvalue weighted by Crippen LogP contribution is 2.24. The van der Waals surface area contributed by atoms with Crippen molar-refractivity contribution in [1.29, 1.82) is 0 Å². The first kappa shape index (κ1) is 18.9. The van der Waals surface area contributed by atoms with Crippen LogP contribution in [-0.4, -0.2) is 28.3 Å². The second-order valence-electron chi connectivity index (χ2n) is 6.31. The summed E-state index contributed by atoms with van der Waals surface area (Å²) in [5.74, 6) is 0.977. The summed E-state index contributed by atoms with van der Waals surface area (Å²) in [4.78, 5) is 24.4. The maximum Gasteiger partial charge on any atom is 0.240 e. The molecule has 1 N–H and O–H groups in total. The molecule has 1 saturated heterocycles. The van der Waals surface area contributed by atoms with Crippen LogP contribution in [0.15, 0.2) is 87.4 Å². The molecule has 1 atom stereocenters. The summed E-state index contributed by atoms with van der Waals surface area (Å²) in [5.41, 5.74) is 1.57. The fourth-order valence-corrected chi connectivity index (χ4v) is 3.74. The average molecular weight is 403 g/mol. The van der Waals surface area contributed by atoms with Gasteiger partial charge in [-0.05, 0) is 12.1 Å². The van der Waals surface area contributed by atoms with E-state index in [0.29, 0.717) is 16.5 Å². The molecule has 0 aliphatic carbocycles. The number of rotatable bonds is 6. The van der Waals surface area contributed by atoms with Gasteiger partial charge in [0, 0.05) is 17.5 Å². The van der Waals surface area contributed by atoms with Crippen molar-refractivity contribution < 1.29 is 14.0 Å². The van der Waals surface area contributed by atoms with Crippen LogP contribution in [0.1, 0.15) is 22.5 Å². The maximum atomic E-state index is 12.3. The summed E-state index contributed by atoms with van der Waals surface area (Å²) >= 11 is 1.20. The third kappa shape index (κ3) is 4.70. The summed E-state index contributed by atoms with van der Waals surface area (Å²) in [7, 11) is 0. The number of amidine groups is 1. The first-order valence-electron chi connectivity index (χ1n) is 9.01. The van der Waals surface area contributed by atoms with Crippen LogP contribution in [-0.2, 0) is 4.79 Å². The van der Waals surface area contributed by atoms with Crippen molar-refractivity contribution in [3.05, 3.63) is 84.1 Å². The number of nitrogens with zero attached hydrogens (tertiary/aromatic N) is 2. The van der Waals surface area contributed by atoms with Crippen molar-refractivity contribution >= 4 is 34.8 Å². The molecule has 1 unspecified atom stereocenters. The fourth-order valence-electron chi connectivity index (χ4n) is 2.81. The van der Waals surface area contributed by atoms with Crippen LogP contribution in [0.2, 0.25) is 0 Å². The van der Waals surface area contributed by atoms with E-state index in [1.165, 1.54) is 18.0 Å². The molecule has 6 nitrogen and oxygen atoms in total. The lowest BCUT2D eigenvalue weighted by Crippen LogP contribution is -2.26. The second-order valence-corrected chi connectivity index (χ2v) is 7.50. The molecular weight excluding hydrogens is 386 g/mol. The molecular formula is C22H17N3O3S.